The van der Waals surface area contributed by atoms with Crippen LogP contribution in [0.3, 0.4) is 0 Å². The molecule has 5 aromatic rings. The van der Waals surface area contributed by atoms with Crippen molar-refractivity contribution in [3.05, 3.63) is 136 Å². The van der Waals surface area contributed by atoms with Gasteiger partial charge < -0.3 is 10.6 Å². The number of benzene rings is 3. The maximum atomic E-state index is 13.5. The SMILES string of the molecule is Cn1ccc(CS(=O)(=O)c2ccc(C(=O)NCCCc3cn[nH]c3)cc2C#Cc2ccc(C(=O)NCc3ccc(F)cc3)cc2)n1. The molecule has 0 saturated carbocycles. The van der Waals surface area contributed by atoms with Crippen molar-refractivity contribution in [2.75, 3.05) is 6.54 Å². The van der Waals surface area contributed by atoms with Gasteiger partial charge in [0.2, 0.25) is 0 Å². The lowest BCUT2D eigenvalue weighted by Crippen LogP contribution is -2.25. The lowest BCUT2D eigenvalue weighted by molar-refractivity contribution is 0.0944. The summed E-state index contributed by atoms with van der Waals surface area (Å²) in [5.41, 5.74) is 3.56. The number of carbonyl (C=O) groups excluding carboxylic acids is 2. The number of aromatic amines is 1. The van der Waals surface area contributed by atoms with Crippen LogP contribution in [0.15, 0.2) is 96.3 Å². The third-order valence-electron chi connectivity index (χ3n) is 7.02. The van der Waals surface area contributed by atoms with Crippen LogP contribution in [-0.2, 0) is 35.6 Å². The highest BCUT2D eigenvalue weighted by Crippen LogP contribution is 2.22. The number of amides is 2. The molecule has 12 heteroatoms. The molecule has 3 N–H and O–H groups in total. The van der Waals surface area contributed by atoms with Crippen LogP contribution < -0.4 is 10.6 Å². The first-order valence-corrected chi connectivity index (χ1v) is 16.1. The number of carbonyl (C=O) groups is 2. The average molecular weight is 639 g/mol. The van der Waals surface area contributed by atoms with Gasteiger partial charge in [-0.15, -0.1) is 0 Å². The number of aryl methyl sites for hydroxylation is 2. The summed E-state index contributed by atoms with van der Waals surface area (Å²) in [5, 5.41) is 16.5. The molecule has 3 aromatic carbocycles. The van der Waals surface area contributed by atoms with Gasteiger partial charge in [-0.05, 0) is 84.6 Å². The second kappa shape index (κ2) is 14.5. The van der Waals surface area contributed by atoms with Gasteiger partial charge in [-0.1, -0.05) is 24.0 Å². The van der Waals surface area contributed by atoms with Crippen LogP contribution in [0.1, 0.15) is 55.1 Å². The second-order valence-corrected chi connectivity index (χ2v) is 12.5. The van der Waals surface area contributed by atoms with Crippen molar-refractivity contribution in [3.8, 4) is 11.8 Å². The van der Waals surface area contributed by atoms with Crippen LogP contribution in [0.5, 0.6) is 0 Å². The Kier molecular flexibility index (Phi) is 10.0. The minimum absolute atomic E-state index is 0.0149. The normalized spacial score (nSPS) is 11.0. The van der Waals surface area contributed by atoms with E-state index < -0.39 is 9.84 Å². The molecule has 0 fully saturated rings. The third-order valence-corrected chi connectivity index (χ3v) is 8.72. The van der Waals surface area contributed by atoms with Crippen LogP contribution in [0.4, 0.5) is 4.39 Å². The summed E-state index contributed by atoms with van der Waals surface area (Å²) in [6.45, 7) is 0.666. The minimum atomic E-state index is -3.87. The van der Waals surface area contributed by atoms with Crippen molar-refractivity contribution in [1.29, 1.82) is 0 Å². The summed E-state index contributed by atoms with van der Waals surface area (Å²) >= 11 is 0. The highest BCUT2D eigenvalue weighted by molar-refractivity contribution is 7.90. The van der Waals surface area contributed by atoms with Crippen molar-refractivity contribution in [3.63, 3.8) is 0 Å². The van der Waals surface area contributed by atoms with Gasteiger partial charge in [0.1, 0.15) is 5.82 Å². The lowest BCUT2D eigenvalue weighted by atomic mass is 10.1. The quantitative estimate of drug-likeness (QED) is 0.148. The summed E-state index contributed by atoms with van der Waals surface area (Å²) in [4.78, 5) is 25.5. The minimum Gasteiger partial charge on any atom is -0.352 e. The van der Waals surface area contributed by atoms with Gasteiger partial charge in [0.05, 0.1) is 22.5 Å². The van der Waals surface area contributed by atoms with Gasteiger partial charge in [-0.3, -0.25) is 19.4 Å². The highest BCUT2D eigenvalue weighted by atomic mass is 32.2. The molecule has 0 atom stereocenters. The molecule has 0 spiro atoms. The molecular formula is C34H31FN6O4S. The number of sulfone groups is 1. The van der Waals surface area contributed by atoms with Crippen LogP contribution >= 0.6 is 0 Å². The Morgan fingerprint density at radius 3 is 2.35 bits per heavy atom. The summed E-state index contributed by atoms with van der Waals surface area (Å²) in [6, 6.07) is 18.4. The van der Waals surface area contributed by atoms with E-state index in [1.165, 1.54) is 35.0 Å². The molecule has 2 heterocycles. The number of hydrogen-bond acceptors (Lipinski definition) is 6. The zero-order valence-electron chi connectivity index (χ0n) is 25.0. The fourth-order valence-corrected chi connectivity index (χ4v) is 6.01. The predicted octanol–water partition coefficient (Wildman–Crippen LogP) is 3.95. The Hall–Kier alpha value is -5.54. The Bertz CT molecular complexity index is 1990. The van der Waals surface area contributed by atoms with E-state index in [2.05, 4.69) is 37.8 Å². The molecule has 5 rings (SSSR count). The van der Waals surface area contributed by atoms with Crippen LogP contribution in [-0.4, -0.2) is 46.8 Å². The van der Waals surface area contributed by atoms with Gasteiger partial charge in [0.25, 0.3) is 11.8 Å². The van der Waals surface area contributed by atoms with E-state index in [9.17, 15) is 22.4 Å². The molecule has 10 nitrogen and oxygen atoms in total. The van der Waals surface area contributed by atoms with Gasteiger partial charge in [-0.2, -0.15) is 10.2 Å². The molecule has 46 heavy (non-hydrogen) atoms. The van der Waals surface area contributed by atoms with Gasteiger partial charge in [0.15, 0.2) is 9.84 Å². The van der Waals surface area contributed by atoms with Crippen LogP contribution in [0, 0.1) is 17.7 Å². The Labute approximate surface area is 266 Å². The van der Waals surface area contributed by atoms with Gasteiger partial charge >= 0.3 is 0 Å². The fraction of sp³-hybridized carbons (Fsp3) is 0.176. The Morgan fingerprint density at radius 2 is 1.65 bits per heavy atom. The monoisotopic (exact) mass is 638 g/mol. The predicted molar refractivity (Wildman–Crippen MR) is 170 cm³/mol. The first kappa shape index (κ1) is 31.9. The number of H-pyrrole nitrogens is 1. The molecule has 2 amide bonds. The molecule has 0 unspecified atom stereocenters. The number of nitrogens with one attached hydrogen (secondary N) is 3. The van der Waals surface area contributed by atoms with Gasteiger partial charge in [-0.25, -0.2) is 12.8 Å². The Balaban J connectivity index is 1.33. The van der Waals surface area contributed by atoms with E-state index in [1.54, 1.807) is 68.1 Å². The largest absolute Gasteiger partial charge is 0.352 e. The molecule has 2 aromatic heterocycles. The van der Waals surface area contributed by atoms with Crippen molar-refractivity contribution in [1.82, 2.24) is 30.6 Å². The topological polar surface area (TPSA) is 139 Å². The molecule has 0 saturated heterocycles. The zero-order chi connectivity index (χ0) is 32.5. The molecule has 0 bridgehead atoms. The number of halogens is 1. The maximum absolute atomic E-state index is 13.5. The Morgan fingerprint density at radius 1 is 0.913 bits per heavy atom. The lowest BCUT2D eigenvalue weighted by Gasteiger charge is -2.09. The number of hydrogen-bond donors (Lipinski definition) is 3. The average Bonchev–Trinajstić information content (AvgIpc) is 3.72. The van der Waals surface area contributed by atoms with E-state index in [0.29, 0.717) is 29.8 Å². The summed E-state index contributed by atoms with van der Waals surface area (Å²) in [7, 11) is -2.16. The fourth-order valence-electron chi connectivity index (χ4n) is 4.59. The summed E-state index contributed by atoms with van der Waals surface area (Å²) in [5.74, 6) is 4.56. The van der Waals surface area contributed by atoms with Crippen molar-refractivity contribution >= 4 is 21.7 Å². The van der Waals surface area contributed by atoms with E-state index in [0.717, 1.165) is 17.5 Å². The molecule has 0 aliphatic rings. The molecule has 0 aliphatic carbocycles. The third kappa shape index (κ3) is 8.55. The van der Waals surface area contributed by atoms with Gasteiger partial charge in [0, 0.05) is 54.8 Å². The molecule has 0 aliphatic heterocycles. The van der Waals surface area contributed by atoms with E-state index >= 15 is 0 Å². The maximum Gasteiger partial charge on any atom is 0.251 e. The van der Waals surface area contributed by atoms with E-state index in [1.807, 2.05) is 0 Å². The molecule has 234 valence electrons. The van der Waals surface area contributed by atoms with E-state index in [-0.39, 0.29) is 46.0 Å². The first-order chi connectivity index (χ1) is 22.2. The zero-order valence-corrected chi connectivity index (χ0v) is 25.8. The summed E-state index contributed by atoms with van der Waals surface area (Å²) < 4.78 is 41.6. The first-order valence-electron chi connectivity index (χ1n) is 14.4. The summed E-state index contributed by atoms with van der Waals surface area (Å²) in [6.07, 6.45) is 6.64. The smallest absolute Gasteiger partial charge is 0.251 e. The van der Waals surface area contributed by atoms with Crippen LogP contribution in [0.25, 0.3) is 0 Å². The van der Waals surface area contributed by atoms with E-state index in [4.69, 9.17) is 0 Å². The number of nitrogens with zero attached hydrogens (tertiary/aromatic N) is 3. The van der Waals surface area contributed by atoms with Crippen molar-refractivity contribution < 1.29 is 22.4 Å². The number of rotatable bonds is 11. The van der Waals surface area contributed by atoms with Crippen molar-refractivity contribution in [2.24, 2.45) is 7.05 Å². The molecular weight excluding hydrogens is 607 g/mol. The number of aromatic nitrogens is 4. The van der Waals surface area contributed by atoms with Crippen molar-refractivity contribution in [2.45, 2.75) is 30.0 Å². The second-order valence-electron chi connectivity index (χ2n) is 10.6. The standard InChI is InChI=1S/C34H31FN6O4S/c1-41-18-16-31(40-41)23-46(44,45)32-15-12-29(34(43)36-17-2-3-26-21-38-39-22-26)19-28(32)11-6-24-4-9-27(10-5-24)33(42)37-20-25-7-13-30(35)14-8-25/h4-5,7-10,12-16,18-19,21-22H,2-3,17,20,23H2,1H3,(H,36,43)(H,37,42)(H,38,39). The van der Waals surface area contributed by atoms with Crippen LogP contribution in [0.2, 0.25) is 0 Å². The highest BCUT2D eigenvalue weighted by Gasteiger charge is 2.22. The molecule has 0 radical (unpaired) electrons.